The third-order valence-electron chi connectivity index (χ3n) is 4.68. The van der Waals surface area contributed by atoms with Crippen molar-refractivity contribution in [2.24, 2.45) is 10.4 Å². The summed E-state index contributed by atoms with van der Waals surface area (Å²) in [7, 11) is 1.76. The van der Waals surface area contributed by atoms with Crippen LogP contribution in [0.5, 0.6) is 0 Å². The Labute approximate surface area is 228 Å². The minimum Gasteiger partial charge on any atom is -0.543 e. The van der Waals surface area contributed by atoms with Gasteiger partial charge in [0.05, 0.1) is 22.9 Å². The Balaban J connectivity index is 0.00000306. The van der Waals surface area contributed by atoms with Gasteiger partial charge in [0.2, 0.25) is 0 Å². The number of nitrogens with two attached hydrogens (primary N) is 1. The van der Waals surface area contributed by atoms with Gasteiger partial charge in [-0.05, 0) is 22.7 Å². The zero-order chi connectivity index (χ0) is 23.0. The molecule has 3 N–H and O–H groups in total. The molecular formula is C16H16ClN8NaO4S3. The van der Waals surface area contributed by atoms with Crippen LogP contribution in [0.1, 0.15) is 5.69 Å². The summed E-state index contributed by atoms with van der Waals surface area (Å²) in [5, 5.41) is 25.1. The fourth-order valence-electron chi connectivity index (χ4n) is 3.20. The van der Waals surface area contributed by atoms with Gasteiger partial charge in [0.25, 0.3) is 11.8 Å². The molecule has 1 unspecified atom stereocenters. The van der Waals surface area contributed by atoms with Gasteiger partial charge in [-0.3, -0.25) is 19.5 Å². The SMILES string of the molecule is CN1CN(SCC2=C(C(=O)[O-])N3C(=O)C(NC(=O)C(=CCl)c4csc(N)n4)[C@H]3SC2)N=N1.[Na+]. The molecule has 3 aliphatic rings. The maximum atomic E-state index is 12.8. The van der Waals surface area contributed by atoms with E-state index >= 15 is 0 Å². The van der Waals surface area contributed by atoms with Gasteiger partial charge in [0, 0.05) is 29.5 Å². The molecule has 3 aliphatic heterocycles. The Kier molecular flexibility index (Phi) is 8.58. The van der Waals surface area contributed by atoms with E-state index in [0.29, 0.717) is 29.4 Å². The number of amides is 2. The molecule has 4 rings (SSSR count). The van der Waals surface area contributed by atoms with Crippen molar-refractivity contribution in [3.63, 3.8) is 0 Å². The maximum absolute atomic E-state index is 12.8. The van der Waals surface area contributed by atoms with E-state index in [4.69, 9.17) is 17.3 Å². The molecule has 1 aromatic rings. The number of anilines is 1. The molecule has 2 atom stereocenters. The number of halogens is 1. The second-order valence-corrected chi connectivity index (χ2v) is 9.98. The van der Waals surface area contributed by atoms with Gasteiger partial charge in [-0.15, -0.1) is 23.1 Å². The van der Waals surface area contributed by atoms with Crippen molar-refractivity contribution in [2.45, 2.75) is 11.4 Å². The molecule has 4 heterocycles. The number of thioether (sulfide) groups is 1. The van der Waals surface area contributed by atoms with Crippen LogP contribution < -0.4 is 45.7 Å². The fraction of sp³-hybridized carbons (Fsp3) is 0.375. The number of nitrogens with one attached hydrogen (secondary N) is 1. The number of β-lactam (4-membered cyclic amide) rings is 1. The van der Waals surface area contributed by atoms with E-state index in [1.807, 2.05) is 0 Å². The molecule has 0 saturated carbocycles. The van der Waals surface area contributed by atoms with E-state index in [0.717, 1.165) is 21.8 Å². The van der Waals surface area contributed by atoms with E-state index in [1.54, 1.807) is 21.9 Å². The van der Waals surface area contributed by atoms with Gasteiger partial charge in [-0.1, -0.05) is 16.8 Å². The summed E-state index contributed by atoms with van der Waals surface area (Å²) in [5.41, 5.74) is 7.39. The largest absolute Gasteiger partial charge is 1.00 e. The van der Waals surface area contributed by atoms with Crippen molar-refractivity contribution in [1.82, 2.24) is 24.6 Å². The first kappa shape index (κ1) is 26.1. The van der Waals surface area contributed by atoms with Gasteiger partial charge in [-0.25, -0.2) is 4.98 Å². The Morgan fingerprint density at radius 1 is 1.45 bits per heavy atom. The van der Waals surface area contributed by atoms with Crippen LogP contribution in [0.3, 0.4) is 0 Å². The number of carbonyl (C=O) groups is 3. The van der Waals surface area contributed by atoms with Crippen LogP contribution in [-0.4, -0.2) is 73.7 Å². The molecule has 1 fully saturated rings. The molecule has 1 aromatic heterocycles. The average molecular weight is 539 g/mol. The smallest absolute Gasteiger partial charge is 0.543 e. The van der Waals surface area contributed by atoms with Gasteiger partial charge >= 0.3 is 29.6 Å². The molecule has 0 aromatic carbocycles. The number of aromatic nitrogens is 1. The summed E-state index contributed by atoms with van der Waals surface area (Å²) >= 11 is 9.58. The van der Waals surface area contributed by atoms with Gasteiger partial charge in [0.15, 0.2) is 5.13 Å². The number of hydrogen-bond donors (Lipinski definition) is 2. The third kappa shape index (κ3) is 5.28. The van der Waals surface area contributed by atoms with E-state index < -0.39 is 29.2 Å². The molecule has 0 radical (unpaired) electrons. The van der Waals surface area contributed by atoms with Crippen molar-refractivity contribution >= 4 is 75.1 Å². The summed E-state index contributed by atoms with van der Waals surface area (Å²) in [6.07, 6.45) is 0. The first-order chi connectivity index (χ1) is 15.3. The van der Waals surface area contributed by atoms with Crippen LogP contribution in [0, 0.1) is 0 Å². The molecular weight excluding hydrogens is 523 g/mol. The third-order valence-corrected chi connectivity index (χ3v) is 7.88. The fourth-order valence-corrected chi connectivity index (χ4v) is 6.32. The minimum atomic E-state index is -1.44. The maximum Gasteiger partial charge on any atom is 1.00 e. The van der Waals surface area contributed by atoms with Crippen molar-refractivity contribution < 1.29 is 49.0 Å². The molecule has 0 spiro atoms. The number of fused-ring (bicyclic) bond motifs is 1. The number of aliphatic carboxylic acids is 1. The number of nitrogens with zero attached hydrogens (tertiary/aromatic N) is 6. The molecule has 0 bridgehead atoms. The van der Waals surface area contributed by atoms with E-state index in [-0.39, 0.29) is 46.0 Å². The van der Waals surface area contributed by atoms with E-state index in [2.05, 4.69) is 20.7 Å². The Morgan fingerprint density at radius 3 is 2.79 bits per heavy atom. The second kappa shape index (κ2) is 10.8. The number of carbonyl (C=O) groups excluding carboxylic acids is 3. The molecule has 33 heavy (non-hydrogen) atoms. The van der Waals surface area contributed by atoms with Crippen molar-refractivity contribution in [2.75, 3.05) is 31.0 Å². The molecule has 2 amide bonds. The molecule has 17 heteroatoms. The first-order valence-electron chi connectivity index (χ1n) is 9.04. The van der Waals surface area contributed by atoms with Crippen LogP contribution in [-0.2, 0) is 14.4 Å². The van der Waals surface area contributed by atoms with Crippen molar-refractivity contribution in [3.8, 4) is 0 Å². The van der Waals surface area contributed by atoms with Crippen LogP contribution in [0.4, 0.5) is 5.13 Å². The number of rotatable bonds is 7. The molecule has 1 saturated heterocycles. The summed E-state index contributed by atoms with van der Waals surface area (Å²) < 4.78 is 1.61. The standard InChI is InChI=1S/C16H17ClN8O4S3.Na/c1-23-6-24(22-21-23)32-4-7-3-30-14-10(13(27)25(14)11(7)15(28)29)20-12(26)8(2-17)9-5-31-16(18)19-9;/h2,5,10,14H,3-4,6H2,1H3,(H2,18,19)(H,20,26)(H,28,29);/q;+1/p-1/t10?,14-;/m1./s1. The predicted molar refractivity (Wildman–Crippen MR) is 119 cm³/mol. The van der Waals surface area contributed by atoms with Crippen molar-refractivity contribution in [1.29, 1.82) is 0 Å². The summed E-state index contributed by atoms with van der Waals surface area (Å²) in [6.45, 7) is 0.464. The Morgan fingerprint density at radius 2 is 2.21 bits per heavy atom. The van der Waals surface area contributed by atoms with Crippen LogP contribution in [0.15, 0.2) is 32.6 Å². The number of carboxylic acids is 1. The van der Waals surface area contributed by atoms with Crippen molar-refractivity contribution in [3.05, 3.63) is 27.9 Å². The zero-order valence-electron chi connectivity index (χ0n) is 17.4. The number of hydrogen-bond acceptors (Lipinski definition) is 13. The number of nitrogen functional groups attached to an aromatic ring is 1. The van der Waals surface area contributed by atoms with Gasteiger partial charge in [-0.2, -0.15) is 4.41 Å². The van der Waals surface area contributed by atoms with Crippen LogP contribution >= 0.6 is 46.6 Å². The first-order valence-corrected chi connectivity index (χ1v) is 12.3. The average Bonchev–Trinajstić information content (AvgIpc) is 3.38. The number of carboxylic acid groups (broad SMARTS) is 1. The molecule has 12 nitrogen and oxygen atoms in total. The van der Waals surface area contributed by atoms with Gasteiger partial charge in [0.1, 0.15) is 18.1 Å². The Hall–Kier alpha value is -1.49. The number of thiazole rings is 1. The molecule has 170 valence electrons. The monoisotopic (exact) mass is 538 g/mol. The Bertz CT molecular complexity index is 1070. The quantitative estimate of drug-likeness (QED) is 0.157. The van der Waals surface area contributed by atoms with Crippen LogP contribution in [0.25, 0.3) is 5.57 Å². The zero-order valence-corrected chi connectivity index (χ0v) is 22.6. The normalized spacial score (nSPS) is 22.2. The van der Waals surface area contributed by atoms with E-state index in [1.165, 1.54) is 23.7 Å². The van der Waals surface area contributed by atoms with Gasteiger partial charge < -0.3 is 21.0 Å². The topological polar surface area (TPSA) is 160 Å². The summed E-state index contributed by atoms with van der Waals surface area (Å²) in [6, 6.07) is -0.903. The summed E-state index contributed by atoms with van der Waals surface area (Å²) in [4.78, 5) is 42.5. The predicted octanol–water partition coefficient (Wildman–Crippen LogP) is -3.15. The minimum absolute atomic E-state index is 0. The molecule has 0 aliphatic carbocycles. The van der Waals surface area contributed by atoms with E-state index in [9.17, 15) is 19.5 Å². The van der Waals surface area contributed by atoms with Crippen LogP contribution in [0.2, 0.25) is 0 Å². The second-order valence-electron chi connectivity index (χ2n) is 6.80. The summed E-state index contributed by atoms with van der Waals surface area (Å²) in [5.74, 6) is -1.92.